The summed E-state index contributed by atoms with van der Waals surface area (Å²) in [6, 6.07) is 82.2. The lowest BCUT2D eigenvalue weighted by atomic mass is 10.0. The predicted molar refractivity (Wildman–Crippen MR) is 277 cm³/mol. The largest absolute Gasteiger partial charge is 0.309 e. The Morgan fingerprint density at radius 2 is 0.676 bits per heavy atom. The summed E-state index contributed by atoms with van der Waals surface area (Å²) in [5.74, 6) is 2.46. The number of rotatable bonds is 8. The molecule has 4 heterocycles. The van der Waals surface area contributed by atoms with Crippen molar-refractivity contribution in [3.63, 3.8) is 0 Å². The summed E-state index contributed by atoms with van der Waals surface area (Å²) in [5, 5.41) is 4.47. The minimum atomic E-state index is 0.561. The van der Waals surface area contributed by atoms with Crippen molar-refractivity contribution in [2.75, 3.05) is 0 Å². The van der Waals surface area contributed by atoms with E-state index in [-0.39, 0.29) is 0 Å². The average Bonchev–Trinajstić information content (AvgIpc) is 3.93. The van der Waals surface area contributed by atoms with E-state index in [1.807, 2.05) is 72.8 Å². The lowest BCUT2D eigenvalue weighted by Crippen LogP contribution is -2.06. The van der Waals surface area contributed by atoms with Gasteiger partial charge in [-0.1, -0.05) is 188 Å². The number of hydrogen-bond donors (Lipinski definition) is 0. The van der Waals surface area contributed by atoms with Gasteiger partial charge in [-0.2, -0.15) is 9.97 Å². The van der Waals surface area contributed by atoms with Gasteiger partial charge in [0.05, 0.1) is 33.5 Å². The molecule has 13 aromatic rings. The van der Waals surface area contributed by atoms with E-state index in [1.54, 1.807) is 0 Å². The highest BCUT2D eigenvalue weighted by Gasteiger charge is 2.22. The first-order chi connectivity index (χ1) is 33.7. The minimum absolute atomic E-state index is 0.561. The molecule has 0 aliphatic rings. The maximum Gasteiger partial charge on any atom is 0.238 e. The molecule has 0 radical (unpaired) electrons. The molecule has 0 saturated heterocycles. The van der Waals surface area contributed by atoms with Crippen molar-refractivity contribution in [2.45, 2.75) is 0 Å². The minimum Gasteiger partial charge on any atom is -0.309 e. The maximum absolute atomic E-state index is 5.30. The Labute approximate surface area is 392 Å². The molecule has 0 amide bonds. The van der Waals surface area contributed by atoms with Gasteiger partial charge >= 0.3 is 0 Å². The second-order valence-corrected chi connectivity index (χ2v) is 16.9. The van der Waals surface area contributed by atoms with Crippen molar-refractivity contribution >= 4 is 43.6 Å². The molecule has 7 heteroatoms. The predicted octanol–water partition coefficient (Wildman–Crippen LogP) is 14.9. The number of hydrogen-bond acceptors (Lipinski definition) is 5. The second-order valence-electron chi connectivity index (χ2n) is 16.9. The summed E-state index contributed by atoms with van der Waals surface area (Å²) in [7, 11) is 0. The summed E-state index contributed by atoms with van der Waals surface area (Å²) in [5.41, 5.74) is 14.0. The molecule has 9 aromatic carbocycles. The third-order valence-electron chi connectivity index (χ3n) is 12.8. The van der Waals surface area contributed by atoms with Gasteiger partial charge in [0.15, 0.2) is 17.5 Å². The Balaban J connectivity index is 1.00. The van der Waals surface area contributed by atoms with Gasteiger partial charge in [-0.05, 0) is 59.7 Å². The number of nitrogens with zero attached hydrogens (tertiary/aromatic N) is 7. The van der Waals surface area contributed by atoms with Gasteiger partial charge in [0.1, 0.15) is 0 Å². The summed E-state index contributed by atoms with van der Waals surface area (Å²) in [6.45, 7) is 0. The number of benzene rings is 9. The van der Waals surface area contributed by atoms with E-state index in [2.05, 4.69) is 173 Å². The molecule has 0 bridgehead atoms. The molecular weight excluding hydrogens is 831 g/mol. The molecule has 318 valence electrons. The molecule has 4 aromatic heterocycles. The van der Waals surface area contributed by atoms with Gasteiger partial charge in [-0.25, -0.2) is 15.0 Å². The fourth-order valence-corrected chi connectivity index (χ4v) is 9.58. The molecular formula is C61H39N7. The van der Waals surface area contributed by atoms with Crippen LogP contribution in [-0.2, 0) is 0 Å². The topological polar surface area (TPSA) is 74.3 Å². The summed E-state index contributed by atoms with van der Waals surface area (Å²) in [6.07, 6.45) is 0. The average molecular weight is 870 g/mol. The van der Waals surface area contributed by atoms with Crippen molar-refractivity contribution in [3.05, 3.63) is 237 Å². The monoisotopic (exact) mass is 869 g/mol. The molecule has 0 atom stereocenters. The van der Waals surface area contributed by atoms with Crippen LogP contribution in [0.5, 0.6) is 0 Å². The third kappa shape index (κ3) is 6.80. The standard InChI is InChI=1S/C61H39N7/c1-5-19-40(20-6-1)44-27-17-29-46(35-44)60-62-52(41-21-7-2-8-22-41)39-53(63-60)45-28-18-30-47(36-45)67-54-33-15-13-31-48(54)50-38-57-51(37-56(50)67)49-32-14-16-34-55(49)68(57)61-65-58(42-23-9-3-10-24-42)64-59(66-61)43-25-11-4-12-26-43/h1-39H. The van der Waals surface area contributed by atoms with E-state index in [1.165, 1.54) is 0 Å². The van der Waals surface area contributed by atoms with Crippen LogP contribution in [0.2, 0.25) is 0 Å². The normalized spacial score (nSPS) is 11.5. The van der Waals surface area contributed by atoms with Gasteiger partial charge < -0.3 is 4.57 Å². The molecule has 7 nitrogen and oxygen atoms in total. The zero-order valence-corrected chi connectivity index (χ0v) is 36.6. The Morgan fingerprint density at radius 3 is 1.29 bits per heavy atom. The first-order valence-corrected chi connectivity index (χ1v) is 22.7. The SMILES string of the molecule is c1ccc(-c2cccc(-c3nc(-c4ccccc4)cc(-c4cccc(-n5c6ccccc6c6cc7c(cc65)c5ccccc5n7-c5nc(-c6ccccc6)nc(-c6ccccc6)n5)c4)n3)c2)cc1. The van der Waals surface area contributed by atoms with Gasteiger partial charge in [-0.15, -0.1) is 0 Å². The van der Waals surface area contributed by atoms with Crippen molar-refractivity contribution in [2.24, 2.45) is 0 Å². The van der Waals surface area contributed by atoms with Crippen molar-refractivity contribution in [1.82, 2.24) is 34.1 Å². The van der Waals surface area contributed by atoms with Crippen LogP contribution in [0.3, 0.4) is 0 Å². The first-order valence-electron chi connectivity index (χ1n) is 22.7. The highest BCUT2D eigenvalue weighted by atomic mass is 15.2. The lowest BCUT2D eigenvalue weighted by molar-refractivity contribution is 0.954. The van der Waals surface area contributed by atoms with Gasteiger partial charge in [0.2, 0.25) is 5.95 Å². The zero-order chi connectivity index (χ0) is 45.0. The Bertz CT molecular complexity index is 3950. The molecule has 13 rings (SSSR count). The van der Waals surface area contributed by atoms with Crippen LogP contribution >= 0.6 is 0 Å². The molecule has 68 heavy (non-hydrogen) atoms. The molecule has 0 aliphatic heterocycles. The molecule has 0 saturated carbocycles. The Hall–Kier alpha value is -9.33. The molecule has 0 unspecified atom stereocenters. The van der Waals surface area contributed by atoms with Crippen LogP contribution in [0, 0.1) is 0 Å². The Morgan fingerprint density at radius 1 is 0.235 bits per heavy atom. The summed E-state index contributed by atoms with van der Waals surface area (Å²) in [4.78, 5) is 25.9. The molecule has 0 fully saturated rings. The summed E-state index contributed by atoms with van der Waals surface area (Å²) < 4.78 is 4.58. The number of fused-ring (bicyclic) bond motifs is 6. The van der Waals surface area contributed by atoms with E-state index in [0.29, 0.717) is 23.4 Å². The van der Waals surface area contributed by atoms with E-state index in [0.717, 1.165) is 99.6 Å². The van der Waals surface area contributed by atoms with E-state index >= 15 is 0 Å². The van der Waals surface area contributed by atoms with Crippen LogP contribution in [0.15, 0.2) is 237 Å². The van der Waals surface area contributed by atoms with Gasteiger partial charge in [0, 0.05) is 55.0 Å². The summed E-state index contributed by atoms with van der Waals surface area (Å²) >= 11 is 0. The van der Waals surface area contributed by atoms with Crippen LogP contribution < -0.4 is 0 Å². The smallest absolute Gasteiger partial charge is 0.238 e. The Kier molecular flexibility index (Phi) is 9.35. The van der Waals surface area contributed by atoms with Crippen LogP contribution in [0.4, 0.5) is 0 Å². The van der Waals surface area contributed by atoms with Gasteiger partial charge in [-0.3, -0.25) is 4.57 Å². The fourth-order valence-electron chi connectivity index (χ4n) is 9.58. The van der Waals surface area contributed by atoms with Gasteiger partial charge in [0.25, 0.3) is 0 Å². The molecule has 0 aliphatic carbocycles. The molecule has 0 spiro atoms. The highest BCUT2D eigenvalue weighted by molar-refractivity contribution is 6.19. The van der Waals surface area contributed by atoms with Crippen molar-refractivity contribution < 1.29 is 0 Å². The zero-order valence-electron chi connectivity index (χ0n) is 36.6. The molecule has 0 N–H and O–H groups in total. The second kappa shape index (κ2) is 16.3. The third-order valence-corrected chi connectivity index (χ3v) is 12.8. The van der Waals surface area contributed by atoms with E-state index < -0.39 is 0 Å². The lowest BCUT2D eigenvalue weighted by Gasteiger charge is -2.13. The quantitative estimate of drug-likeness (QED) is 0.152. The van der Waals surface area contributed by atoms with E-state index in [4.69, 9.17) is 24.9 Å². The fraction of sp³-hybridized carbons (Fsp3) is 0. The number of aromatic nitrogens is 7. The van der Waals surface area contributed by atoms with Crippen molar-refractivity contribution in [1.29, 1.82) is 0 Å². The first kappa shape index (κ1) is 39.1. The van der Waals surface area contributed by atoms with Crippen LogP contribution in [0.1, 0.15) is 0 Å². The number of para-hydroxylation sites is 2. The van der Waals surface area contributed by atoms with E-state index in [9.17, 15) is 0 Å². The highest BCUT2D eigenvalue weighted by Crippen LogP contribution is 2.40. The van der Waals surface area contributed by atoms with Crippen molar-refractivity contribution in [3.8, 4) is 79.4 Å². The van der Waals surface area contributed by atoms with Crippen LogP contribution in [-0.4, -0.2) is 34.1 Å². The van der Waals surface area contributed by atoms with Crippen LogP contribution in [0.25, 0.3) is 123 Å². The maximum atomic E-state index is 5.30.